The first-order valence-corrected chi connectivity index (χ1v) is 7.19. The molecule has 0 saturated heterocycles. The Labute approximate surface area is 122 Å². The second-order valence-corrected chi connectivity index (χ2v) is 5.67. The Kier molecular flexibility index (Phi) is 4.48. The van der Waals surface area contributed by atoms with Crippen molar-refractivity contribution < 1.29 is 0 Å². The molecular weight excluding hydrogens is 283 g/mol. The number of hydrogen-bond acceptors (Lipinski definition) is 2. The number of hydrogen-bond donors (Lipinski definition) is 0. The van der Waals surface area contributed by atoms with Crippen LogP contribution in [0, 0.1) is 5.92 Å². The number of rotatable bonds is 4. The van der Waals surface area contributed by atoms with Crippen LogP contribution in [0.4, 0.5) is 0 Å². The van der Waals surface area contributed by atoms with Gasteiger partial charge in [-0.1, -0.05) is 25.4 Å². The van der Waals surface area contributed by atoms with Gasteiger partial charge in [0.15, 0.2) is 0 Å². The molecule has 5 heteroatoms. The highest BCUT2D eigenvalue weighted by Gasteiger charge is 2.11. The van der Waals surface area contributed by atoms with Crippen molar-refractivity contribution in [2.24, 2.45) is 5.92 Å². The van der Waals surface area contributed by atoms with Gasteiger partial charge in [-0.15, -0.1) is 11.6 Å². The fraction of sp³-hybridized carbons (Fsp3) is 0.429. The molecule has 0 amide bonds. The van der Waals surface area contributed by atoms with Crippen LogP contribution in [0.5, 0.6) is 0 Å². The van der Waals surface area contributed by atoms with Crippen LogP contribution in [0.15, 0.2) is 23.0 Å². The summed E-state index contributed by atoms with van der Waals surface area (Å²) in [6, 6.07) is 5.23. The van der Waals surface area contributed by atoms with Crippen molar-refractivity contribution in [3.8, 4) is 0 Å². The minimum absolute atomic E-state index is 0.218. The van der Waals surface area contributed by atoms with Gasteiger partial charge in [0.05, 0.1) is 16.8 Å². The van der Waals surface area contributed by atoms with Crippen molar-refractivity contribution in [3.63, 3.8) is 0 Å². The first-order valence-electron chi connectivity index (χ1n) is 6.28. The lowest BCUT2D eigenvalue weighted by molar-refractivity contribution is 0.511. The zero-order valence-corrected chi connectivity index (χ0v) is 12.5. The van der Waals surface area contributed by atoms with Crippen molar-refractivity contribution in [1.82, 2.24) is 9.55 Å². The minimum atomic E-state index is -0.247. The Hall–Kier alpha value is -1.06. The standard InChI is InChI=1S/C14H16Cl2N2O/c1-9(2)5-6-18-12-7-10(16)3-4-11(12)14(19)17-13(18)8-15/h3-4,7,9H,5-6,8H2,1-2H3. The normalized spacial score (nSPS) is 11.4. The van der Waals surface area contributed by atoms with Crippen LogP contribution in [0.1, 0.15) is 26.1 Å². The third-order valence-electron chi connectivity index (χ3n) is 3.07. The van der Waals surface area contributed by atoms with Crippen molar-refractivity contribution in [3.05, 3.63) is 39.4 Å². The van der Waals surface area contributed by atoms with E-state index in [0.29, 0.717) is 22.2 Å². The lowest BCUT2D eigenvalue weighted by Gasteiger charge is -2.15. The molecule has 0 aliphatic rings. The Morgan fingerprint density at radius 2 is 2.11 bits per heavy atom. The maximum absolute atomic E-state index is 11.9. The zero-order chi connectivity index (χ0) is 14.0. The van der Waals surface area contributed by atoms with E-state index in [4.69, 9.17) is 23.2 Å². The number of nitrogens with zero attached hydrogens (tertiary/aromatic N) is 2. The molecule has 2 rings (SSSR count). The van der Waals surface area contributed by atoms with Crippen LogP contribution in [-0.2, 0) is 12.4 Å². The van der Waals surface area contributed by atoms with E-state index in [1.807, 2.05) is 4.57 Å². The average Bonchev–Trinajstić information content (AvgIpc) is 2.36. The largest absolute Gasteiger partial charge is 0.328 e. The number of halogens is 2. The average molecular weight is 299 g/mol. The van der Waals surface area contributed by atoms with E-state index in [1.165, 1.54) is 0 Å². The molecule has 0 N–H and O–H groups in total. The third-order valence-corrected chi connectivity index (χ3v) is 3.55. The third kappa shape index (κ3) is 3.10. The van der Waals surface area contributed by atoms with Crippen molar-refractivity contribution >= 4 is 34.1 Å². The van der Waals surface area contributed by atoms with Crippen LogP contribution in [-0.4, -0.2) is 9.55 Å². The summed E-state index contributed by atoms with van der Waals surface area (Å²) in [6.07, 6.45) is 0.996. The topological polar surface area (TPSA) is 34.9 Å². The van der Waals surface area contributed by atoms with E-state index in [-0.39, 0.29) is 11.4 Å². The van der Waals surface area contributed by atoms with Gasteiger partial charge in [-0.3, -0.25) is 4.79 Å². The van der Waals surface area contributed by atoms with Gasteiger partial charge in [-0.2, -0.15) is 4.98 Å². The van der Waals surface area contributed by atoms with E-state index in [9.17, 15) is 4.79 Å². The van der Waals surface area contributed by atoms with Crippen LogP contribution in [0.3, 0.4) is 0 Å². The maximum atomic E-state index is 11.9. The van der Waals surface area contributed by atoms with E-state index >= 15 is 0 Å². The summed E-state index contributed by atoms with van der Waals surface area (Å²) in [4.78, 5) is 16.0. The van der Waals surface area contributed by atoms with Gasteiger partial charge in [0, 0.05) is 11.6 Å². The summed E-state index contributed by atoms with van der Waals surface area (Å²) in [5, 5.41) is 1.19. The number of aromatic nitrogens is 2. The summed E-state index contributed by atoms with van der Waals surface area (Å²) >= 11 is 11.9. The van der Waals surface area contributed by atoms with Crippen LogP contribution in [0.2, 0.25) is 5.02 Å². The smallest absolute Gasteiger partial charge is 0.280 e. The van der Waals surface area contributed by atoms with Crippen molar-refractivity contribution in [2.75, 3.05) is 0 Å². The lowest BCUT2D eigenvalue weighted by Crippen LogP contribution is -2.19. The fourth-order valence-corrected chi connectivity index (χ4v) is 2.40. The number of alkyl halides is 1. The molecule has 1 aromatic heterocycles. The zero-order valence-electron chi connectivity index (χ0n) is 11.0. The Morgan fingerprint density at radius 1 is 1.37 bits per heavy atom. The summed E-state index contributed by atoms with van der Waals surface area (Å²) in [7, 11) is 0. The molecule has 102 valence electrons. The molecule has 3 nitrogen and oxygen atoms in total. The molecule has 0 saturated carbocycles. The van der Waals surface area contributed by atoms with E-state index in [1.54, 1.807) is 18.2 Å². The second-order valence-electron chi connectivity index (χ2n) is 4.96. The van der Waals surface area contributed by atoms with Gasteiger partial charge in [-0.25, -0.2) is 0 Å². The quantitative estimate of drug-likeness (QED) is 0.804. The molecule has 0 aliphatic heterocycles. The van der Waals surface area contributed by atoms with Gasteiger partial charge in [-0.05, 0) is 30.5 Å². The van der Waals surface area contributed by atoms with Gasteiger partial charge in [0.25, 0.3) is 5.56 Å². The fourth-order valence-electron chi connectivity index (χ4n) is 2.02. The second kappa shape index (κ2) is 5.93. The molecule has 1 heterocycles. The molecule has 0 aliphatic carbocycles. The van der Waals surface area contributed by atoms with Gasteiger partial charge >= 0.3 is 0 Å². The SMILES string of the molecule is CC(C)CCn1c(CCl)nc(=O)c2ccc(Cl)cc21. The van der Waals surface area contributed by atoms with Crippen molar-refractivity contribution in [2.45, 2.75) is 32.7 Å². The Balaban J connectivity index is 2.65. The highest BCUT2D eigenvalue weighted by molar-refractivity contribution is 6.31. The first-order chi connectivity index (χ1) is 9.02. The van der Waals surface area contributed by atoms with Crippen LogP contribution >= 0.6 is 23.2 Å². The van der Waals surface area contributed by atoms with E-state index in [0.717, 1.165) is 18.5 Å². The molecule has 2 aromatic rings. The minimum Gasteiger partial charge on any atom is -0.328 e. The predicted molar refractivity (Wildman–Crippen MR) is 80.0 cm³/mol. The summed E-state index contributed by atoms with van der Waals surface area (Å²) in [6.45, 7) is 5.10. The summed E-state index contributed by atoms with van der Waals surface area (Å²) < 4.78 is 2.00. The molecule has 0 spiro atoms. The highest BCUT2D eigenvalue weighted by atomic mass is 35.5. The summed E-state index contributed by atoms with van der Waals surface area (Å²) in [5.74, 6) is 1.38. The van der Waals surface area contributed by atoms with Gasteiger partial charge in [0.1, 0.15) is 5.82 Å². The number of benzene rings is 1. The molecule has 0 atom stereocenters. The van der Waals surface area contributed by atoms with Crippen LogP contribution < -0.4 is 5.56 Å². The van der Waals surface area contributed by atoms with Gasteiger partial charge < -0.3 is 4.57 Å². The van der Waals surface area contributed by atoms with E-state index in [2.05, 4.69) is 18.8 Å². The molecule has 0 radical (unpaired) electrons. The number of aryl methyl sites for hydroxylation is 1. The molecule has 1 aromatic carbocycles. The molecule has 0 fully saturated rings. The summed E-state index contributed by atoms with van der Waals surface area (Å²) in [5.41, 5.74) is 0.562. The lowest BCUT2D eigenvalue weighted by atomic mass is 10.1. The number of fused-ring (bicyclic) bond motifs is 1. The van der Waals surface area contributed by atoms with Crippen molar-refractivity contribution in [1.29, 1.82) is 0 Å². The molecule has 0 unspecified atom stereocenters. The first kappa shape index (κ1) is 14.4. The highest BCUT2D eigenvalue weighted by Crippen LogP contribution is 2.19. The predicted octanol–water partition coefficient (Wildman–Crippen LogP) is 3.83. The molecule has 0 bridgehead atoms. The maximum Gasteiger partial charge on any atom is 0.280 e. The van der Waals surface area contributed by atoms with E-state index < -0.39 is 0 Å². The van der Waals surface area contributed by atoms with Crippen LogP contribution in [0.25, 0.3) is 10.9 Å². The molecular formula is C14H16Cl2N2O. The Bertz CT molecular complexity index is 650. The Morgan fingerprint density at radius 3 is 2.74 bits per heavy atom. The molecule has 19 heavy (non-hydrogen) atoms. The monoisotopic (exact) mass is 298 g/mol. The van der Waals surface area contributed by atoms with Gasteiger partial charge in [0.2, 0.25) is 0 Å².